The Labute approximate surface area is 144 Å². The number of rotatable bonds is 5. The molecule has 1 aliphatic carbocycles. The van der Waals surface area contributed by atoms with Gasteiger partial charge in [-0.2, -0.15) is 0 Å². The zero-order valence-corrected chi connectivity index (χ0v) is 15.1. The highest BCUT2D eigenvalue weighted by atomic mass is 32.2. The zero-order chi connectivity index (χ0) is 17.6. The van der Waals surface area contributed by atoms with Gasteiger partial charge in [0.25, 0.3) is 5.91 Å². The molecule has 6 nitrogen and oxygen atoms in total. The Morgan fingerprint density at radius 2 is 1.75 bits per heavy atom. The molecule has 2 rings (SSSR count). The third-order valence-corrected chi connectivity index (χ3v) is 5.86. The van der Waals surface area contributed by atoms with Crippen LogP contribution in [0.4, 0.5) is 0 Å². The molecule has 0 atom stereocenters. The van der Waals surface area contributed by atoms with E-state index >= 15 is 0 Å². The molecule has 0 saturated heterocycles. The fourth-order valence-corrected chi connectivity index (χ4v) is 3.93. The van der Waals surface area contributed by atoms with Crippen LogP contribution >= 0.6 is 0 Å². The van der Waals surface area contributed by atoms with Gasteiger partial charge < -0.3 is 10.1 Å². The number of benzene rings is 1. The van der Waals surface area contributed by atoms with Crippen molar-refractivity contribution in [3.8, 4) is 5.75 Å². The molecular formula is C17H26N2O4S. The second kappa shape index (κ2) is 8.48. The van der Waals surface area contributed by atoms with Gasteiger partial charge in [0.2, 0.25) is 10.0 Å². The lowest BCUT2D eigenvalue weighted by Gasteiger charge is -2.21. The van der Waals surface area contributed by atoms with E-state index in [1.54, 1.807) is 6.07 Å². The maximum Gasteiger partial charge on any atom is 0.251 e. The molecule has 1 aromatic carbocycles. The third-order valence-electron chi connectivity index (χ3n) is 4.42. The summed E-state index contributed by atoms with van der Waals surface area (Å²) < 4.78 is 31.6. The van der Waals surface area contributed by atoms with Gasteiger partial charge >= 0.3 is 0 Å². The number of methoxy groups -OCH3 is 1. The van der Waals surface area contributed by atoms with E-state index in [4.69, 9.17) is 4.74 Å². The first-order valence-corrected chi connectivity index (χ1v) is 9.88. The van der Waals surface area contributed by atoms with Crippen molar-refractivity contribution in [2.24, 2.45) is 0 Å². The molecule has 0 aliphatic heterocycles. The Balaban J connectivity index is 2.18. The lowest BCUT2D eigenvalue weighted by Crippen LogP contribution is -2.35. The summed E-state index contributed by atoms with van der Waals surface area (Å²) in [6.07, 6.45) is 7.87. The van der Waals surface area contributed by atoms with Crippen molar-refractivity contribution >= 4 is 15.9 Å². The number of carbonyl (C=O) groups is 1. The summed E-state index contributed by atoms with van der Waals surface area (Å²) in [5, 5.41) is 3.04. The van der Waals surface area contributed by atoms with Gasteiger partial charge in [0, 0.05) is 11.6 Å². The SMILES string of the molecule is CNS(=O)(=O)c1cc(C(=O)NC2CCCCCCC2)ccc1OC. The molecular weight excluding hydrogens is 328 g/mol. The molecule has 7 heteroatoms. The summed E-state index contributed by atoms with van der Waals surface area (Å²) >= 11 is 0. The Morgan fingerprint density at radius 1 is 1.12 bits per heavy atom. The minimum absolute atomic E-state index is 0.0298. The number of amides is 1. The average Bonchev–Trinajstić information content (AvgIpc) is 2.56. The Morgan fingerprint density at radius 3 is 2.33 bits per heavy atom. The number of hydrogen-bond donors (Lipinski definition) is 2. The minimum atomic E-state index is -3.70. The van der Waals surface area contributed by atoms with E-state index in [0.717, 1.165) is 25.7 Å². The quantitative estimate of drug-likeness (QED) is 0.851. The van der Waals surface area contributed by atoms with Crippen LogP contribution in [0.5, 0.6) is 5.75 Å². The summed E-state index contributed by atoms with van der Waals surface area (Å²) in [6, 6.07) is 4.62. The first kappa shape index (κ1) is 18.7. The number of carbonyl (C=O) groups excluding carboxylic acids is 1. The summed E-state index contributed by atoms with van der Waals surface area (Å²) in [7, 11) is -0.965. The second-order valence-electron chi connectivity index (χ2n) is 6.09. The largest absolute Gasteiger partial charge is 0.495 e. The number of ether oxygens (including phenoxy) is 1. The van der Waals surface area contributed by atoms with Gasteiger partial charge in [-0.3, -0.25) is 4.79 Å². The highest BCUT2D eigenvalue weighted by Gasteiger charge is 2.21. The van der Waals surface area contributed by atoms with Crippen molar-refractivity contribution in [1.29, 1.82) is 0 Å². The van der Waals surface area contributed by atoms with Crippen LogP contribution in [0.25, 0.3) is 0 Å². The predicted octanol–water partition coefficient (Wildman–Crippen LogP) is 2.45. The molecule has 0 aromatic heterocycles. The molecule has 1 amide bonds. The molecule has 24 heavy (non-hydrogen) atoms. The number of sulfonamides is 1. The number of hydrogen-bond acceptors (Lipinski definition) is 4. The Bertz CT molecular complexity index is 665. The first-order chi connectivity index (χ1) is 11.5. The number of nitrogens with one attached hydrogen (secondary N) is 2. The average molecular weight is 354 g/mol. The standard InChI is InChI=1S/C17H26N2O4S/c1-18-24(21,22)16-12-13(10-11-15(16)23-2)17(20)19-14-8-6-4-3-5-7-9-14/h10-12,14,18H,3-9H2,1-2H3,(H,19,20). The first-order valence-electron chi connectivity index (χ1n) is 8.40. The second-order valence-corrected chi connectivity index (χ2v) is 7.94. The molecule has 1 aromatic rings. The fraction of sp³-hybridized carbons (Fsp3) is 0.588. The molecule has 2 N–H and O–H groups in total. The molecule has 0 bridgehead atoms. The van der Waals surface area contributed by atoms with Crippen LogP contribution in [-0.2, 0) is 10.0 Å². The van der Waals surface area contributed by atoms with Gasteiger partial charge in [0.05, 0.1) is 7.11 Å². The highest BCUT2D eigenvalue weighted by molar-refractivity contribution is 7.89. The van der Waals surface area contributed by atoms with Crippen molar-refractivity contribution in [2.75, 3.05) is 14.2 Å². The van der Waals surface area contributed by atoms with E-state index < -0.39 is 10.0 Å². The topological polar surface area (TPSA) is 84.5 Å². The van der Waals surface area contributed by atoms with Gasteiger partial charge in [0.15, 0.2) is 0 Å². The summed E-state index contributed by atoms with van der Waals surface area (Å²) in [4.78, 5) is 12.5. The van der Waals surface area contributed by atoms with Crippen LogP contribution in [-0.4, -0.2) is 34.5 Å². The molecule has 0 spiro atoms. The van der Waals surface area contributed by atoms with Gasteiger partial charge in [-0.05, 0) is 38.1 Å². The van der Waals surface area contributed by atoms with E-state index in [1.165, 1.54) is 45.6 Å². The third kappa shape index (κ3) is 4.70. The summed E-state index contributed by atoms with van der Waals surface area (Å²) in [6.45, 7) is 0. The fourth-order valence-electron chi connectivity index (χ4n) is 3.01. The van der Waals surface area contributed by atoms with Crippen LogP contribution in [0.1, 0.15) is 55.3 Å². The van der Waals surface area contributed by atoms with Gasteiger partial charge in [-0.15, -0.1) is 0 Å². The smallest absolute Gasteiger partial charge is 0.251 e. The van der Waals surface area contributed by atoms with E-state index in [9.17, 15) is 13.2 Å². The molecule has 0 heterocycles. The van der Waals surface area contributed by atoms with Gasteiger partial charge in [-0.25, -0.2) is 13.1 Å². The minimum Gasteiger partial charge on any atom is -0.495 e. The summed E-state index contributed by atoms with van der Waals surface area (Å²) in [5.41, 5.74) is 0.326. The van der Waals surface area contributed by atoms with Crippen LogP contribution in [0.2, 0.25) is 0 Å². The van der Waals surface area contributed by atoms with Crippen molar-refractivity contribution < 1.29 is 17.9 Å². The molecule has 1 aliphatic rings. The van der Waals surface area contributed by atoms with Crippen molar-refractivity contribution in [2.45, 2.75) is 55.9 Å². The van der Waals surface area contributed by atoms with Crippen LogP contribution < -0.4 is 14.8 Å². The van der Waals surface area contributed by atoms with Crippen LogP contribution in [0.3, 0.4) is 0 Å². The van der Waals surface area contributed by atoms with E-state index in [2.05, 4.69) is 10.0 Å². The summed E-state index contributed by atoms with van der Waals surface area (Å²) in [5.74, 6) is -0.0253. The molecule has 0 unspecified atom stereocenters. The van der Waals surface area contributed by atoms with E-state index in [0.29, 0.717) is 5.56 Å². The van der Waals surface area contributed by atoms with Crippen molar-refractivity contribution in [1.82, 2.24) is 10.0 Å². The van der Waals surface area contributed by atoms with Crippen molar-refractivity contribution in [3.63, 3.8) is 0 Å². The lowest BCUT2D eigenvalue weighted by molar-refractivity contribution is 0.0930. The Kier molecular flexibility index (Phi) is 6.62. The highest BCUT2D eigenvalue weighted by Crippen LogP contribution is 2.25. The molecule has 0 radical (unpaired) electrons. The van der Waals surface area contributed by atoms with E-state index in [-0.39, 0.29) is 22.6 Å². The zero-order valence-electron chi connectivity index (χ0n) is 14.3. The Hall–Kier alpha value is -1.60. The molecule has 134 valence electrons. The van der Waals surface area contributed by atoms with Gasteiger partial charge in [-0.1, -0.05) is 32.1 Å². The lowest BCUT2D eigenvalue weighted by atomic mass is 9.96. The maximum absolute atomic E-state index is 12.5. The monoisotopic (exact) mass is 354 g/mol. The van der Waals surface area contributed by atoms with Crippen LogP contribution in [0, 0.1) is 0 Å². The van der Waals surface area contributed by atoms with Gasteiger partial charge in [0.1, 0.15) is 10.6 Å². The van der Waals surface area contributed by atoms with E-state index in [1.807, 2.05) is 0 Å². The van der Waals surface area contributed by atoms with Crippen LogP contribution in [0.15, 0.2) is 23.1 Å². The van der Waals surface area contributed by atoms with Crippen molar-refractivity contribution in [3.05, 3.63) is 23.8 Å². The molecule has 1 saturated carbocycles. The normalized spacial score (nSPS) is 16.9. The molecule has 1 fully saturated rings. The predicted molar refractivity (Wildman–Crippen MR) is 92.8 cm³/mol. The maximum atomic E-state index is 12.5.